The van der Waals surface area contributed by atoms with Crippen molar-refractivity contribution in [3.8, 4) is 0 Å². The van der Waals surface area contributed by atoms with Gasteiger partial charge in [-0.2, -0.15) is 0 Å². The van der Waals surface area contributed by atoms with Gasteiger partial charge in [0.25, 0.3) is 0 Å². The van der Waals surface area contributed by atoms with Crippen molar-refractivity contribution in [3.63, 3.8) is 0 Å². The van der Waals surface area contributed by atoms with Crippen LogP contribution in [0.15, 0.2) is 5.16 Å². The second-order valence-corrected chi connectivity index (χ2v) is 5.04. The van der Waals surface area contributed by atoms with Crippen LogP contribution in [0.4, 0.5) is 0 Å². The van der Waals surface area contributed by atoms with Crippen LogP contribution in [-0.4, -0.2) is 49.8 Å². The summed E-state index contributed by atoms with van der Waals surface area (Å²) >= 11 is 0. The Morgan fingerprint density at radius 2 is 1.95 bits per heavy atom. The van der Waals surface area contributed by atoms with E-state index in [2.05, 4.69) is 5.16 Å². The van der Waals surface area contributed by atoms with E-state index in [9.17, 15) is 0 Å². The van der Waals surface area contributed by atoms with Crippen LogP contribution >= 0.6 is 0 Å². The second kappa shape index (κ2) is 6.17. The lowest BCUT2D eigenvalue weighted by atomic mass is 10.1. The van der Waals surface area contributed by atoms with E-state index in [4.69, 9.17) is 23.8 Å². The fourth-order valence-corrected chi connectivity index (χ4v) is 2.20. The van der Waals surface area contributed by atoms with E-state index in [1.165, 1.54) is 0 Å². The predicted octanol–water partition coefficient (Wildman–Crippen LogP) is 1.68. The van der Waals surface area contributed by atoms with E-state index in [-0.39, 0.29) is 12.2 Å². The van der Waals surface area contributed by atoms with Crippen molar-refractivity contribution in [3.05, 3.63) is 0 Å². The van der Waals surface area contributed by atoms with Crippen LogP contribution in [0.5, 0.6) is 0 Å². The van der Waals surface area contributed by atoms with Crippen LogP contribution in [0, 0.1) is 0 Å². The van der Waals surface area contributed by atoms with Crippen LogP contribution < -0.4 is 0 Å². The molecule has 0 aliphatic carbocycles. The predicted molar refractivity (Wildman–Crippen MR) is 68.9 cm³/mol. The number of oxime groups is 1. The molecular formula is C13H23NO5. The smallest absolute Gasteiger partial charge is 0.200 e. The summed E-state index contributed by atoms with van der Waals surface area (Å²) in [5.41, 5.74) is 0.780. The number of nitrogens with zero attached hydrogens (tertiary/aromatic N) is 1. The molecule has 0 radical (unpaired) electrons. The monoisotopic (exact) mass is 273 g/mol. The molecule has 1 saturated heterocycles. The Balaban J connectivity index is 1.87. The third kappa shape index (κ3) is 3.66. The summed E-state index contributed by atoms with van der Waals surface area (Å²) in [5.74, 6) is -0.546. The molecule has 0 aromatic heterocycles. The van der Waals surface area contributed by atoms with Crippen LogP contribution in [0.1, 0.15) is 34.1 Å². The molecule has 0 saturated carbocycles. The molecule has 6 nitrogen and oxygen atoms in total. The fraction of sp³-hybridized carbons (Fsp3) is 0.923. The van der Waals surface area contributed by atoms with Crippen molar-refractivity contribution in [2.24, 2.45) is 5.16 Å². The Bertz CT molecular complexity index is 325. The number of ether oxygens (including phenoxy) is 4. The van der Waals surface area contributed by atoms with Crippen LogP contribution in [0.2, 0.25) is 0 Å². The van der Waals surface area contributed by atoms with Crippen LogP contribution in [0.25, 0.3) is 0 Å². The molecule has 0 amide bonds. The maximum Gasteiger partial charge on any atom is 0.200 e. The molecule has 2 atom stereocenters. The first-order valence-electron chi connectivity index (χ1n) is 6.83. The minimum absolute atomic E-state index is 0.0971. The molecule has 0 bridgehead atoms. The quantitative estimate of drug-likeness (QED) is 0.689. The number of hydrogen-bond acceptors (Lipinski definition) is 6. The summed E-state index contributed by atoms with van der Waals surface area (Å²) in [5, 5.41) is 4.08. The first-order chi connectivity index (χ1) is 9.05. The molecule has 110 valence electrons. The Labute approximate surface area is 114 Å². The van der Waals surface area contributed by atoms with E-state index in [0.29, 0.717) is 26.2 Å². The van der Waals surface area contributed by atoms with Gasteiger partial charge in [0.05, 0.1) is 6.61 Å². The highest BCUT2D eigenvalue weighted by molar-refractivity contribution is 5.88. The van der Waals surface area contributed by atoms with Crippen molar-refractivity contribution in [1.82, 2.24) is 0 Å². The summed E-state index contributed by atoms with van der Waals surface area (Å²) in [6.45, 7) is 9.32. The largest absolute Gasteiger partial charge is 0.389 e. The molecule has 2 rings (SSSR count). The Kier molecular flexibility index (Phi) is 4.78. The molecular weight excluding hydrogens is 250 g/mol. The normalized spacial score (nSPS) is 29.6. The van der Waals surface area contributed by atoms with Crippen molar-refractivity contribution < 1.29 is 23.8 Å². The topological polar surface area (TPSA) is 58.5 Å². The first kappa shape index (κ1) is 14.7. The number of rotatable bonds is 6. The van der Waals surface area contributed by atoms with Crippen molar-refractivity contribution in [2.75, 3.05) is 19.8 Å². The average Bonchev–Trinajstić information content (AvgIpc) is 2.95. The standard InChI is InChI=1S/C13H23NO5/c1-5-15-12(16-6-2)9-7-10(19-14-9)11-8-17-13(3,4)18-11/h10-12H,5-8H2,1-4H3/t10-,11+/m0/s1. The summed E-state index contributed by atoms with van der Waals surface area (Å²) in [6.07, 6.45) is 0.00470. The van der Waals surface area contributed by atoms with Gasteiger partial charge < -0.3 is 23.8 Å². The zero-order valence-corrected chi connectivity index (χ0v) is 12.0. The minimum Gasteiger partial charge on any atom is -0.389 e. The van der Waals surface area contributed by atoms with Gasteiger partial charge in [-0.05, 0) is 27.7 Å². The summed E-state index contributed by atoms with van der Waals surface area (Å²) in [4.78, 5) is 5.44. The van der Waals surface area contributed by atoms with Crippen LogP contribution in [-0.2, 0) is 23.8 Å². The highest BCUT2D eigenvalue weighted by Crippen LogP contribution is 2.29. The third-order valence-electron chi connectivity index (χ3n) is 3.07. The zero-order valence-electron chi connectivity index (χ0n) is 12.0. The zero-order chi connectivity index (χ0) is 13.9. The average molecular weight is 273 g/mol. The van der Waals surface area contributed by atoms with Gasteiger partial charge in [0.15, 0.2) is 11.9 Å². The van der Waals surface area contributed by atoms with E-state index >= 15 is 0 Å². The minimum atomic E-state index is -0.546. The van der Waals surface area contributed by atoms with Gasteiger partial charge in [-0.25, -0.2) is 0 Å². The van der Waals surface area contributed by atoms with Crippen molar-refractivity contribution >= 4 is 5.71 Å². The Morgan fingerprint density at radius 1 is 1.26 bits per heavy atom. The van der Waals surface area contributed by atoms with E-state index in [1.807, 2.05) is 27.7 Å². The van der Waals surface area contributed by atoms with E-state index in [0.717, 1.165) is 5.71 Å². The van der Waals surface area contributed by atoms with E-state index in [1.54, 1.807) is 0 Å². The molecule has 0 spiro atoms. The lowest BCUT2D eigenvalue weighted by molar-refractivity contribution is -0.153. The van der Waals surface area contributed by atoms with E-state index < -0.39 is 12.1 Å². The lowest BCUT2D eigenvalue weighted by Crippen LogP contribution is -2.33. The summed E-state index contributed by atoms with van der Waals surface area (Å²) in [6, 6.07) is 0. The molecule has 0 aromatic carbocycles. The highest BCUT2D eigenvalue weighted by atomic mass is 16.8. The van der Waals surface area contributed by atoms with Gasteiger partial charge in [-0.3, -0.25) is 0 Å². The molecule has 0 unspecified atom stereocenters. The van der Waals surface area contributed by atoms with Gasteiger partial charge in [0.2, 0.25) is 6.29 Å². The number of hydrogen-bond donors (Lipinski definition) is 0. The first-order valence-corrected chi connectivity index (χ1v) is 6.83. The highest BCUT2D eigenvalue weighted by Gasteiger charge is 2.42. The van der Waals surface area contributed by atoms with Gasteiger partial charge in [-0.1, -0.05) is 5.16 Å². The molecule has 0 N–H and O–H groups in total. The van der Waals surface area contributed by atoms with Crippen molar-refractivity contribution in [2.45, 2.75) is 58.4 Å². The summed E-state index contributed by atoms with van der Waals surface area (Å²) in [7, 11) is 0. The fourth-order valence-electron chi connectivity index (χ4n) is 2.20. The van der Waals surface area contributed by atoms with Crippen LogP contribution in [0.3, 0.4) is 0 Å². The van der Waals surface area contributed by atoms with Crippen molar-refractivity contribution in [1.29, 1.82) is 0 Å². The Hall–Kier alpha value is -0.690. The molecule has 1 fully saturated rings. The van der Waals surface area contributed by atoms with Gasteiger partial charge in [0, 0.05) is 19.6 Å². The molecule has 19 heavy (non-hydrogen) atoms. The van der Waals surface area contributed by atoms with Gasteiger partial charge in [-0.15, -0.1) is 0 Å². The Morgan fingerprint density at radius 3 is 2.47 bits per heavy atom. The maximum absolute atomic E-state index is 5.78. The molecule has 6 heteroatoms. The molecule has 2 aliphatic heterocycles. The third-order valence-corrected chi connectivity index (χ3v) is 3.07. The SMILES string of the molecule is CCOC(OCC)C1=NO[C@H]([C@H]2COC(C)(C)O2)C1. The maximum atomic E-state index is 5.78. The molecule has 0 aromatic rings. The molecule has 2 aliphatic rings. The molecule has 2 heterocycles. The summed E-state index contributed by atoms with van der Waals surface area (Å²) < 4.78 is 22.3. The second-order valence-electron chi connectivity index (χ2n) is 5.04. The van der Waals surface area contributed by atoms with Gasteiger partial charge >= 0.3 is 0 Å². The lowest BCUT2D eigenvalue weighted by Gasteiger charge is -2.20. The van der Waals surface area contributed by atoms with Gasteiger partial charge in [0.1, 0.15) is 11.8 Å².